The predicted molar refractivity (Wildman–Crippen MR) is 74.1 cm³/mol. The van der Waals surface area contributed by atoms with Crippen molar-refractivity contribution in [1.82, 2.24) is 0 Å². The largest absolute Gasteiger partial charge is 0.330 e. The molecule has 0 spiro atoms. The van der Waals surface area contributed by atoms with Gasteiger partial charge in [-0.05, 0) is 43.7 Å². The van der Waals surface area contributed by atoms with Gasteiger partial charge in [-0.15, -0.1) is 0 Å². The maximum atomic E-state index is 6.09. The molecule has 0 aliphatic heterocycles. The van der Waals surface area contributed by atoms with Crippen LogP contribution in [0.2, 0.25) is 0 Å². The minimum Gasteiger partial charge on any atom is -0.330 e. The highest BCUT2D eigenvalue weighted by Crippen LogP contribution is 2.37. The maximum Gasteiger partial charge on any atom is -0.00173 e. The van der Waals surface area contributed by atoms with E-state index in [1.54, 1.807) is 0 Å². The fourth-order valence-electron chi connectivity index (χ4n) is 3.19. The zero-order valence-corrected chi connectivity index (χ0v) is 11.0. The zero-order chi connectivity index (χ0) is 12.1. The molecule has 0 unspecified atom stereocenters. The van der Waals surface area contributed by atoms with Crippen LogP contribution in [-0.2, 0) is 6.42 Å². The number of benzene rings is 1. The van der Waals surface area contributed by atoms with E-state index in [9.17, 15) is 0 Å². The maximum absolute atomic E-state index is 6.09. The lowest BCUT2D eigenvalue weighted by molar-refractivity contribution is 0.252. The number of hydrogen-bond acceptors (Lipinski definition) is 1. The molecule has 1 saturated carbocycles. The molecule has 2 N–H and O–H groups in total. The first-order valence-corrected chi connectivity index (χ1v) is 7.00. The number of rotatable bonds is 3. The molecule has 2 rings (SSSR count). The topological polar surface area (TPSA) is 26.0 Å². The third-order valence-corrected chi connectivity index (χ3v) is 4.26. The highest BCUT2D eigenvalue weighted by Gasteiger charge is 2.29. The van der Waals surface area contributed by atoms with Crippen molar-refractivity contribution >= 4 is 0 Å². The minimum absolute atomic E-state index is 0.379. The molecule has 0 aromatic heterocycles. The van der Waals surface area contributed by atoms with Crippen molar-refractivity contribution in [3.05, 3.63) is 35.4 Å². The number of aryl methyl sites for hydroxylation is 1. The van der Waals surface area contributed by atoms with Crippen molar-refractivity contribution in [3.8, 4) is 0 Å². The van der Waals surface area contributed by atoms with Crippen LogP contribution in [0.3, 0.4) is 0 Å². The van der Waals surface area contributed by atoms with Crippen LogP contribution in [0.15, 0.2) is 24.3 Å². The van der Waals surface area contributed by atoms with Gasteiger partial charge in [-0.25, -0.2) is 0 Å². The van der Waals surface area contributed by atoms with Gasteiger partial charge in [-0.1, -0.05) is 55.5 Å². The average Bonchev–Trinajstić information content (AvgIpc) is 2.55. The van der Waals surface area contributed by atoms with Crippen LogP contribution in [0.25, 0.3) is 0 Å². The lowest BCUT2D eigenvalue weighted by Crippen LogP contribution is -2.32. The Morgan fingerprint density at radius 2 is 1.82 bits per heavy atom. The van der Waals surface area contributed by atoms with Gasteiger partial charge in [0.05, 0.1) is 0 Å². The predicted octanol–water partition coefficient (Wildman–Crippen LogP) is 3.84. The molecule has 1 aromatic rings. The summed E-state index contributed by atoms with van der Waals surface area (Å²) in [7, 11) is 0. The van der Waals surface area contributed by atoms with E-state index in [4.69, 9.17) is 5.73 Å². The lowest BCUT2D eigenvalue weighted by Gasteiger charge is -2.31. The van der Waals surface area contributed by atoms with Crippen LogP contribution in [0.4, 0.5) is 0 Å². The van der Waals surface area contributed by atoms with Crippen molar-refractivity contribution in [3.63, 3.8) is 0 Å². The summed E-state index contributed by atoms with van der Waals surface area (Å²) in [4.78, 5) is 0. The average molecular weight is 231 g/mol. The molecule has 1 aliphatic carbocycles. The summed E-state index contributed by atoms with van der Waals surface area (Å²) < 4.78 is 0. The molecule has 1 heteroatoms. The first kappa shape index (κ1) is 12.6. The van der Waals surface area contributed by atoms with E-state index in [2.05, 4.69) is 31.2 Å². The van der Waals surface area contributed by atoms with Gasteiger partial charge in [-0.3, -0.25) is 0 Å². The summed E-state index contributed by atoms with van der Waals surface area (Å²) in [5, 5.41) is 0. The molecular formula is C16H25N. The molecule has 0 heterocycles. The standard InChI is InChI=1S/C16H25N/c1-14-7-6-8-15(11-14)12-16(13-17)9-4-2-3-5-10-16/h6-8,11H,2-5,9-10,12-13,17H2,1H3. The molecule has 1 nitrogen and oxygen atoms in total. The second-order valence-electron chi connectivity index (χ2n) is 5.78. The summed E-state index contributed by atoms with van der Waals surface area (Å²) in [6, 6.07) is 8.93. The fourth-order valence-corrected chi connectivity index (χ4v) is 3.19. The Labute approximate surface area is 105 Å². The third kappa shape index (κ3) is 3.32. The molecule has 0 amide bonds. The second-order valence-corrected chi connectivity index (χ2v) is 5.78. The van der Waals surface area contributed by atoms with Gasteiger partial charge in [0.15, 0.2) is 0 Å². The van der Waals surface area contributed by atoms with Crippen LogP contribution in [0.5, 0.6) is 0 Å². The third-order valence-electron chi connectivity index (χ3n) is 4.26. The summed E-state index contributed by atoms with van der Waals surface area (Å²) >= 11 is 0. The lowest BCUT2D eigenvalue weighted by atomic mass is 9.75. The molecule has 94 valence electrons. The minimum atomic E-state index is 0.379. The van der Waals surface area contributed by atoms with Crippen molar-refractivity contribution in [2.24, 2.45) is 11.1 Å². The Kier molecular flexibility index (Phi) is 4.22. The van der Waals surface area contributed by atoms with E-state index < -0.39 is 0 Å². The van der Waals surface area contributed by atoms with Crippen LogP contribution in [-0.4, -0.2) is 6.54 Å². The van der Waals surface area contributed by atoms with E-state index in [0.717, 1.165) is 6.54 Å². The molecule has 1 aliphatic rings. The summed E-state index contributed by atoms with van der Waals surface area (Å²) in [6.07, 6.45) is 9.33. The molecule has 17 heavy (non-hydrogen) atoms. The molecule has 1 aromatic carbocycles. The molecule has 0 saturated heterocycles. The van der Waals surface area contributed by atoms with Gasteiger partial charge in [0.2, 0.25) is 0 Å². The van der Waals surface area contributed by atoms with Crippen LogP contribution < -0.4 is 5.73 Å². The van der Waals surface area contributed by atoms with Gasteiger partial charge in [0.25, 0.3) is 0 Å². The Bertz CT molecular complexity index is 348. The van der Waals surface area contributed by atoms with E-state index in [0.29, 0.717) is 5.41 Å². The quantitative estimate of drug-likeness (QED) is 0.786. The van der Waals surface area contributed by atoms with Crippen LogP contribution in [0, 0.1) is 12.3 Å². The molecule has 0 atom stereocenters. The van der Waals surface area contributed by atoms with Gasteiger partial charge in [-0.2, -0.15) is 0 Å². The highest BCUT2D eigenvalue weighted by molar-refractivity contribution is 5.23. The number of nitrogens with two attached hydrogens (primary N) is 1. The molecule has 1 fully saturated rings. The van der Waals surface area contributed by atoms with Gasteiger partial charge in [0.1, 0.15) is 0 Å². The van der Waals surface area contributed by atoms with Gasteiger partial charge in [0, 0.05) is 0 Å². The summed E-state index contributed by atoms with van der Waals surface area (Å²) in [6.45, 7) is 3.02. The second kappa shape index (κ2) is 5.68. The Balaban J connectivity index is 2.12. The molecular weight excluding hydrogens is 206 g/mol. The van der Waals surface area contributed by atoms with Crippen molar-refractivity contribution in [1.29, 1.82) is 0 Å². The van der Waals surface area contributed by atoms with E-state index in [-0.39, 0.29) is 0 Å². The Morgan fingerprint density at radius 3 is 2.41 bits per heavy atom. The normalized spacial score (nSPS) is 19.9. The van der Waals surface area contributed by atoms with Crippen LogP contribution in [0.1, 0.15) is 49.7 Å². The van der Waals surface area contributed by atoms with E-state index >= 15 is 0 Å². The smallest absolute Gasteiger partial charge is 0.00173 e. The first-order valence-electron chi connectivity index (χ1n) is 7.00. The molecule has 0 radical (unpaired) electrons. The Morgan fingerprint density at radius 1 is 1.12 bits per heavy atom. The zero-order valence-electron chi connectivity index (χ0n) is 11.0. The van der Waals surface area contributed by atoms with Crippen molar-refractivity contribution in [2.75, 3.05) is 6.54 Å². The van der Waals surface area contributed by atoms with Gasteiger partial charge < -0.3 is 5.73 Å². The molecule has 0 bridgehead atoms. The van der Waals surface area contributed by atoms with E-state index in [1.807, 2.05) is 0 Å². The monoisotopic (exact) mass is 231 g/mol. The van der Waals surface area contributed by atoms with Crippen molar-refractivity contribution in [2.45, 2.75) is 51.9 Å². The first-order chi connectivity index (χ1) is 8.24. The van der Waals surface area contributed by atoms with Crippen molar-refractivity contribution < 1.29 is 0 Å². The highest BCUT2D eigenvalue weighted by atomic mass is 14.6. The number of hydrogen-bond donors (Lipinski definition) is 1. The van der Waals surface area contributed by atoms with E-state index in [1.165, 1.54) is 56.1 Å². The Hall–Kier alpha value is -0.820. The summed E-state index contributed by atoms with van der Waals surface area (Å²) in [5.41, 5.74) is 9.31. The SMILES string of the molecule is Cc1cccc(CC2(CN)CCCCCC2)c1. The summed E-state index contributed by atoms with van der Waals surface area (Å²) in [5.74, 6) is 0. The van der Waals surface area contributed by atoms with Gasteiger partial charge >= 0.3 is 0 Å². The van der Waals surface area contributed by atoms with Crippen LogP contribution >= 0.6 is 0 Å². The fraction of sp³-hybridized carbons (Fsp3) is 0.625.